The van der Waals surface area contributed by atoms with Crippen LogP contribution in [0.2, 0.25) is 0 Å². The molecule has 0 aromatic heterocycles. The van der Waals surface area contributed by atoms with Crippen LogP contribution in [-0.4, -0.2) is 36.6 Å². The number of hydrogen-bond acceptors (Lipinski definition) is 2. The molecule has 0 unspecified atom stereocenters. The van der Waals surface area contributed by atoms with Gasteiger partial charge in [0.15, 0.2) is 0 Å². The Bertz CT molecular complexity index is 954. The molecule has 1 heterocycles. The fraction of sp³-hybridized carbons (Fsp3) is 0.375. The summed E-state index contributed by atoms with van der Waals surface area (Å²) < 4.78 is 38.2. The molecule has 2 N–H and O–H groups in total. The van der Waals surface area contributed by atoms with Gasteiger partial charge in [0, 0.05) is 31.2 Å². The zero-order valence-electron chi connectivity index (χ0n) is 17.4. The average Bonchev–Trinajstić information content (AvgIpc) is 2.72. The predicted molar refractivity (Wildman–Crippen MR) is 114 cm³/mol. The van der Waals surface area contributed by atoms with Crippen molar-refractivity contribution in [2.45, 2.75) is 38.5 Å². The van der Waals surface area contributed by atoms with Crippen molar-refractivity contribution in [3.05, 3.63) is 70.8 Å². The third-order valence-electron chi connectivity index (χ3n) is 5.17. The zero-order chi connectivity index (χ0) is 22.3. The molecular weight excluding hydrogens is 403 g/mol. The summed E-state index contributed by atoms with van der Waals surface area (Å²) in [6.45, 7) is 4.88. The number of carbonyl (C=O) groups excluding carboxylic acids is 1. The number of nitrogens with one attached hydrogen (secondary N) is 2. The lowest BCUT2D eigenvalue weighted by Crippen LogP contribution is -2.47. The molecule has 0 aliphatic carbocycles. The molecule has 164 valence electrons. The molecule has 0 bridgehead atoms. The molecule has 4 nitrogen and oxygen atoms in total. The highest BCUT2D eigenvalue weighted by molar-refractivity contribution is 5.74. The summed E-state index contributed by atoms with van der Waals surface area (Å²) in [6.07, 6.45) is -2.66. The minimum absolute atomic E-state index is 0.0638. The van der Waals surface area contributed by atoms with Crippen molar-refractivity contribution in [1.82, 2.24) is 15.5 Å². The highest BCUT2D eigenvalue weighted by Crippen LogP contribution is 2.29. The highest BCUT2D eigenvalue weighted by atomic mass is 19.4. The first-order chi connectivity index (χ1) is 14.8. The topological polar surface area (TPSA) is 44.4 Å². The number of benzene rings is 2. The van der Waals surface area contributed by atoms with Crippen LogP contribution >= 0.6 is 0 Å². The third kappa shape index (κ3) is 7.34. The summed E-state index contributed by atoms with van der Waals surface area (Å²) in [4.78, 5) is 14.4. The molecule has 0 radical (unpaired) electrons. The Labute approximate surface area is 180 Å². The van der Waals surface area contributed by atoms with Crippen molar-refractivity contribution < 1.29 is 18.0 Å². The molecule has 3 rings (SSSR count). The van der Waals surface area contributed by atoms with Gasteiger partial charge in [-0.15, -0.1) is 0 Å². The van der Waals surface area contributed by atoms with Crippen molar-refractivity contribution in [1.29, 1.82) is 0 Å². The molecule has 0 atom stereocenters. The first-order valence-corrected chi connectivity index (χ1v) is 10.3. The molecule has 2 amide bonds. The maximum Gasteiger partial charge on any atom is 0.416 e. The Morgan fingerprint density at radius 2 is 1.87 bits per heavy atom. The summed E-state index contributed by atoms with van der Waals surface area (Å²) in [6, 6.07) is 13.1. The van der Waals surface area contributed by atoms with E-state index in [1.54, 1.807) is 0 Å². The van der Waals surface area contributed by atoms with Crippen LogP contribution in [-0.2, 0) is 12.7 Å². The van der Waals surface area contributed by atoms with Crippen LogP contribution in [0.4, 0.5) is 18.0 Å². The van der Waals surface area contributed by atoms with E-state index in [2.05, 4.69) is 58.6 Å². The van der Waals surface area contributed by atoms with Gasteiger partial charge in [-0.25, -0.2) is 4.79 Å². The van der Waals surface area contributed by atoms with Crippen molar-refractivity contribution in [3.63, 3.8) is 0 Å². The van der Waals surface area contributed by atoms with Crippen molar-refractivity contribution in [3.8, 4) is 11.8 Å². The molecule has 1 aliphatic rings. The summed E-state index contributed by atoms with van der Waals surface area (Å²) in [7, 11) is 0. The Morgan fingerprint density at radius 3 is 2.58 bits per heavy atom. The van der Waals surface area contributed by atoms with Gasteiger partial charge in [0.05, 0.1) is 12.1 Å². The van der Waals surface area contributed by atoms with E-state index in [1.165, 1.54) is 23.3 Å². The van der Waals surface area contributed by atoms with E-state index >= 15 is 0 Å². The number of halogens is 3. The van der Waals surface area contributed by atoms with Gasteiger partial charge in [-0.2, -0.15) is 13.2 Å². The summed E-state index contributed by atoms with van der Waals surface area (Å²) in [5.41, 5.74) is 2.07. The smallest absolute Gasteiger partial charge is 0.335 e. The maximum atomic E-state index is 12.7. The van der Waals surface area contributed by atoms with Gasteiger partial charge in [0.25, 0.3) is 0 Å². The second-order valence-electron chi connectivity index (χ2n) is 7.75. The molecule has 2 aromatic rings. The quantitative estimate of drug-likeness (QED) is 0.711. The van der Waals surface area contributed by atoms with Gasteiger partial charge in [-0.05, 0) is 43.5 Å². The Kier molecular flexibility index (Phi) is 7.59. The van der Waals surface area contributed by atoms with Gasteiger partial charge < -0.3 is 10.6 Å². The minimum Gasteiger partial charge on any atom is -0.335 e. The van der Waals surface area contributed by atoms with E-state index in [4.69, 9.17) is 0 Å². The van der Waals surface area contributed by atoms with Crippen LogP contribution in [0.1, 0.15) is 35.1 Å². The zero-order valence-corrected chi connectivity index (χ0v) is 17.4. The maximum absolute atomic E-state index is 12.7. The van der Waals surface area contributed by atoms with Gasteiger partial charge in [-0.3, -0.25) is 4.90 Å². The van der Waals surface area contributed by atoms with Crippen molar-refractivity contribution in [2.75, 3.05) is 19.6 Å². The van der Waals surface area contributed by atoms with E-state index in [9.17, 15) is 18.0 Å². The highest BCUT2D eigenvalue weighted by Gasteiger charge is 2.30. The summed E-state index contributed by atoms with van der Waals surface area (Å²) in [5.74, 6) is 5.34. The molecule has 31 heavy (non-hydrogen) atoms. The average molecular weight is 429 g/mol. The Morgan fingerprint density at radius 1 is 1.13 bits per heavy atom. The number of urea groups is 1. The Hall–Kier alpha value is -2.98. The number of alkyl halides is 3. The van der Waals surface area contributed by atoms with Crippen LogP contribution in [0.5, 0.6) is 0 Å². The van der Waals surface area contributed by atoms with Crippen LogP contribution in [0.3, 0.4) is 0 Å². The lowest BCUT2D eigenvalue weighted by molar-refractivity contribution is -0.137. The summed E-state index contributed by atoms with van der Waals surface area (Å²) in [5, 5.41) is 5.59. The number of likely N-dealkylation sites (tertiary alicyclic amines) is 1. The SMILES string of the molecule is Cc1cccc(CN2CCC(NC(=O)NCC#Cc3cccc(C(F)(F)F)c3)CC2)c1. The minimum atomic E-state index is -4.40. The lowest BCUT2D eigenvalue weighted by atomic mass is 10.0. The number of nitrogens with zero attached hydrogens (tertiary/aromatic N) is 1. The molecule has 7 heteroatoms. The number of piperidine rings is 1. The van der Waals surface area contributed by atoms with Gasteiger partial charge >= 0.3 is 12.2 Å². The van der Waals surface area contributed by atoms with Crippen molar-refractivity contribution in [2.24, 2.45) is 0 Å². The summed E-state index contributed by atoms with van der Waals surface area (Å²) >= 11 is 0. The first kappa shape index (κ1) is 22.7. The van der Waals surface area contributed by atoms with E-state index in [-0.39, 0.29) is 24.2 Å². The standard InChI is InChI=1S/C24H26F3N3O/c1-18-5-2-7-20(15-18)17-30-13-10-22(11-14-30)29-23(31)28-12-4-8-19-6-3-9-21(16-19)24(25,26)27/h2-3,5-7,9,15-16,22H,10-14,17H2,1H3,(H2,28,29,31). The lowest BCUT2D eigenvalue weighted by Gasteiger charge is -2.32. The normalized spacial score (nSPS) is 15.1. The van der Waals surface area contributed by atoms with Crippen LogP contribution in [0.25, 0.3) is 0 Å². The fourth-order valence-electron chi connectivity index (χ4n) is 3.58. The fourth-order valence-corrected chi connectivity index (χ4v) is 3.58. The monoisotopic (exact) mass is 429 g/mol. The Balaban J connectivity index is 1.38. The molecule has 1 saturated heterocycles. The molecule has 0 saturated carbocycles. The van der Waals surface area contributed by atoms with Crippen LogP contribution < -0.4 is 10.6 Å². The number of hydrogen-bond donors (Lipinski definition) is 2. The molecular formula is C24H26F3N3O. The molecule has 0 spiro atoms. The van der Waals surface area contributed by atoms with Gasteiger partial charge in [-0.1, -0.05) is 47.7 Å². The van der Waals surface area contributed by atoms with E-state index in [0.29, 0.717) is 0 Å². The van der Waals surface area contributed by atoms with Gasteiger partial charge in [0.2, 0.25) is 0 Å². The van der Waals surface area contributed by atoms with Crippen molar-refractivity contribution >= 4 is 6.03 Å². The molecule has 2 aromatic carbocycles. The van der Waals surface area contributed by atoms with E-state index < -0.39 is 11.7 Å². The first-order valence-electron chi connectivity index (χ1n) is 10.3. The van der Waals surface area contributed by atoms with E-state index in [1.807, 2.05) is 0 Å². The second kappa shape index (κ2) is 10.4. The van der Waals surface area contributed by atoms with Gasteiger partial charge in [0.1, 0.15) is 0 Å². The van der Waals surface area contributed by atoms with Crippen LogP contribution in [0, 0.1) is 18.8 Å². The third-order valence-corrected chi connectivity index (χ3v) is 5.17. The largest absolute Gasteiger partial charge is 0.416 e. The van der Waals surface area contributed by atoms with E-state index in [0.717, 1.165) is 44.6 Å². The number of aryl methyl sites for hydroxylation is 1. The van der Waals surface area contributed by atoms with Crippen LogP contribution in [0.15, 0.2) is 48.5 Å². The number of amides is 2. The predicted octanol–water partition coefficient (Wildman–Crippen LogP) is 4.33. The number of carbonyl (C=O) groups is 1. The number of rotatable bonds is 4. The second-order valence-corrected chi connectivity index (χ2v) is 7.75. The molecule has 1 fully saturated rings. The molecule has 1 aliphatic heterocycles.